The van der Waals surface area contributed by atoms with Crippen molar-refractivity contribution in [2.45, 2.75) is 44.8 Å². The first-order valence-corrected chi connectivity index (χ1v) is 8.67. The Kier molecular flexibility index (Phi) is 7.02. The first-order chi connectivity index (χ1) is 12.0. The van der Waals surface area contributed by atoms with Gasteiger partial charge in [-0.1, -0.05) is 49.4 Å². The van der Waals surface area contributed by atoms with Gasteiger partial charge in [-0.25, -0.2) is 0 Å². The zero-order chi connectivity index (χ0) is 18.2. The minimum Gasteiger partial charge on any atom is -0.497 e. The third kappa shape index (κ3) is 5.61. The fourth-order valence-corrected chi connectivity index (χ4v) is 2.79. The van der Waals surface area contributed by atoms with Gasteiger partial charge in [0.05, 0.1) is 19.3 Å². The largest absolute Gasteiger partial charge is 0.497 e. The molecule has 4 heteroatoms. The van der Waals surface area contributed by atoms with E-state index in [0.29, 0.717) is 12.3 Å². The van der Waals surface area contributed by atoms with Crippen LogP contribution >= 0.6 is 0 Å². The van der Waals surface area contributed by atoms with E-state index < -0.39 is 6.10 Å². The molecule has 2 rings (SSSR count). The molecule has 0 aliphatic carbocycles. The van der Waals surface area contributed by atoms with Gasteiger partial charge in [-0.2, -0.15) is 0 Å². The van der Waals surface area contributed by atoms with E-state index in [2.05, 4.69) is 24.4 Å². The summed E-state index contributed by atoms with van der Waals surface area (Å²) >= 11 is 0. The normalized spacial score (nSPS) is 14.4. The van der Waals surface area contributed by atoms with Gasteiger partial charge in [0.1, 0.15) is 5.75 Å². The SMILES string of the molecule is COc1ccc(C(O)C(C)NC(=O)CCC(C)c2ccccc2)cc1. The fourth-order valence-electron chi connectivity index (χ4n) is 2.79. The second-order valence-electron chi connectivity index (χ2n) is 6.42. The highest BCUT2D eigenvalue weighted by molar-refractivity contribution is 5.76. The van der Waals surface area contributed by atoms with Crippen molar-refractivity contribution in [2.24, 2.45) is 0 Å². The van der Waals surface area contributed by atoms with Crippen molar-refractivity contribution in [3.8, 4) is 5.75 Å². The Morgan fingerprint density at radius 2 is 1.68 bits per heavy atom. The Balaban J connectivity index is 1.82. The Bertz CT molecular complexity index is 655. The molecule has 0 spiro atoms. The number of nitrogens with one attached hydrogen (secondary N) is 1. The van der Waals surface area contributed by atoms with E-state index in [1.807, 2.05) is 37.3 Å². The van der Waals surface area contributed by atoms with Crippen LogP contribution in [0.4, 0.5) is 0 Å². The first-order valence-electron chi connectivity index (χ1n) is 8.67. The lowest BCUT2D eigenvalue weighted by atomic mass is 9.96. The van der Waals surface area contributed by atoms with E-state index in [1.165, 1.54) is 5.56 Å². The number of aliphatic hydroxyl groups excluding tert-OH is 1. The second kappa shape index (κ2) is 9.23. The van der Waals surface area contributed by atoms with Gasteiger partial charge in [0.15, 0.2) is 0 Å². The van der Waals surface area contributed by atoms with Crippen LogP contribution in [-0.2, 0) is 4.79 Å². The lowest BCUT2D eigenvalue weighted by Gasteiger charge is -2.21. The molecule has 3 atom stereocenters. The standard InChI is InChI=1S/C21H27NO3/c1-15(17-7-5-4-6-8-17)9-14-20(23)22-16(2)21(24)18-10-12-19(25-3)13-11-18/h4-8,10-13,15-16,21,24H,9,14H2,1-3H3,(H,22,23). The van der Waals surface area contributed by atoms with Crippen molar-refractivity contribution in [1.82, 2.24) is 5.32 Å². The third-order valence-electron chi connectivity index (χ3n) is 4.49. The lowest BCUT2D eigenvalue weighted by molar-refractivity contribution is -0.122. The Morgan fingerprint density at radius 3 is 2.28 bits per heavy atom. The first kappa shape index (κ1) is 19.0. The maximum absolute atomic E-state index is 12.2. The summed E-state index contributed by atoms with van der Waals surface area (Å²) in [6.07, 6.45) is 0.470. The molecule has 2 aromatic rings. The summed E-state index contributed by atoms with van der Waals surface area (Å²) in [6.45, 7) is 3.94. The average Bonchev–Trinajstić information content (AvgIpc) is 2.66. The molecule has 3 unspecified atom stereocenters. The smallest absolute Gasteiger partial charge is 0.220 e. The van der Waals surface area contributed by atoms with Crippen molar-refractivity contribution < 1.29 is 14.6 Å². The molecule has 4 nitrogen and oxygen atoms in total. The van der Waals surface area contributed by atoms with E-state index in [4.69, 9.17) is 4.74 Å². The van der Waals surface area contributed by atoms with Gasteiger partial charge in [0, 0.05) is 6.42 Å². The molecule has 25 heavy (non-hydrogen) atoms. The highest BCUT2D eigenvalue weighted by Crippen LogP contribution is 2.22. The molecule has 0 saturated heterocycles. The van der Waals surface area contributed by atoms with E-state index in [1.54, 1.807) is 19.2 Å². The predicted molar refractivity (Wildman–Crippen MR) is 99.6 cm³/mol. The summed E-state index contributed by atoms with van der Waals surface area (Å²) in [5.74, 6) is 1.03. The number of benzene rings is 2. The zero-order valence-electron chi connectivity index (χ0n) is 15.1. The quantitative estimate of drug-likeness (QED) is 0.767. The van der Waals surface area contributed by atoms with Crippen molar-refractivity contribution in [2.75, 3.05) is 7.11 Å². The number of rotatable bonds is 8. The molecule has 134 valence electrons. The molecule has 0 aliphatic rings. The Labute approximate surface area is 149 Å². The van der Waals surface area contributed by atoms with Gasteiger partial charge >= 0.3 is 0 Å². The van der Waals surface area contributed by atoms with Gasteiger partial charge in [0.2, 0.25) is 5.91 Å². The van der Waals surface area contributed by atoms with Gasteiger partial charge in [0.25, 0.3) is 0 Å². The molecule has 0 aliphatic heterocycles. The van der Waals surface area contributed by atoms with Crippen LogP contribution in [0.1, 0.15) is 49.8 Å². The highest BCUT2D eigenvalue weighted by atomic mass is 16.5. The van der Waals surface area contributed by atoms with Gasteiger partial charge in [-0.3, -0.25) is 4.79 Å². The monoisotopic (exact) mass is 341 g/mol. The van der Waals surface area contributed by atoms with Crippen molar-refractivity contribution in [1.29, 1.82) is 0 Å². The average molecular weight is 341 g/mol. The molecule has 0 aromatic heterocycles. The van der Waals surface area contributed by atoms with Crippen LogP contribution in [0.2, 0.25) is 0 Å². The van der Waals surface area contributed by atoms with E-state index >= 15 is 0 Å². The molecular formula is C21H27NO3. The van der Waals surface area contributed by atoms with Gasteiger partial charge in [-0.15, -0.1) is 0 Å². The van der Waals surface area contributed by atoms with E-state index in [9.17, 15) is 9.90 Å². The summed E-state index contributed by atoms with van der Waals surface area (Å²) in [5, 5.41) is 13.3. The molecule has 0 heterocycles. The fraction of sp³-hybridized carbons (Fsp3) is 0.381. The van der Waals surface area contributed by atoms with E-state index in [-0.39, 0.29) is 11.9 Å². The van der Waals surface area contributed by atoms with Crippen LogP contribution in [-0.4, -0.2) is 24.2 Å². The van der Waals surface area contributed by atoms with Gasteiger partial charge in [-0.05, 0) is 42.5 Å². The van der Waals surface area contributed by atoms with E-state index in [0.717, 1.165) is 17.7 Å². The number of hydrogen-bond acceptors (Lipinski definition) is 3. The minimum atomic E-state index is -0.749. The maximum atomic E-state index is 12.2. The molecule has 1 amide bonds. The van der Waals surface area contributed by atoms with Crippen LogP contribution in [0.5, 0.6) is 5.75 Å². The number of carbonyl (C=O) groups is 1. The topological polar surface area (TPSA) is 58.6 Å². The van der Waals surface area contributed by atoms with Crippen LogP contribution in [0.25, 0.3) is 0 Å². The summed E-state index contributed by atoms with van der Waals surface area (Å²) in [6, 6.07) is 17.0. The van der Waals surface area contributed by atoms with Crippen LogP contribution in [0.3, 0.4) is 0 Å². The number of aliphatic hydroxyl groups is 1. The molecule has 0 bridgehead atoms. The van der Waals surface area contributed by atoms with Crippen molar-refractivity contribution in [3.63, 3.8) is 0 Å². The number of methoxy groups -OCH3 is 1. The van der Waals surface area contributed by atoms with Crippen LogP contribution in [0, 0.1) is 0 Å². The second-order valence-corrected chi connectivity index (χ2v) is 6.42. The number of amides is 1. The molecule has 0 radical (unpaired) electrons. The molecule has 0 fully saturated rings. The summed E-state index contributed by atoms with van der Waals surface area (Å²) < 4.78 is 5.11. The van der Waals surface area contributed by atoms with Crippen molar-refractivity contribution >= 4 is 5.91 Å². The summed E-state index contributed by atoms with van der Waals surface area (Å²) in [7, 11) is 1.60. The third-order valence-corrected chi connectivity index (χ3v) is 4.49. The molecule has 0 saturated carbocycles. The minimum absolute atomic E-state index is 0.0390. The molecular weight excluding hydrogens is 314 g/mol. The van der Waals surface area contributed by atoms with Crippen molar-refractivity contribution in [3.05, 3.63) is 65.7 Å². The number of hydrogen-bond donors (Lipinski definition) is 2. The Morgan fingerprint density at radius 1 is 1.04 bits per heavy atom. The maximum Gasteiger partial charge on any atom is 0.220 e. The van der Waals surface area contributed by atoms with Crippen LogP contribution in [0.15, 0.2) is 54.6 Å². The lowest BCUT2D eigenvalue weighted by Crippen LogP contribution is -2.37. The highest BCUT2D eigenvalue weighted by Gasteiger charge is 2.19. The number of carbonyl (C=O) groups excluding carboxylic acids is 1. The summed E-state index contributed by atoms with van der Waals surface area (Å²) in [4.78, 5) is 12.2. The Hall–Kier alpha value is -2.33. The zero-order valence-corrected chi connectivity index (χ0v) is 15.1. The molecule has 2 aromatic carbocycles. The number of ether oxygens (including phenoxy) is 1. The molecule has 2 N–H and O–H groups in total. The predicted octanol–water partition coefficient (Wildman–Crippen LogP) is 3.82. The van der Waals surface area contributed by atoms with Crippen LogP contribution < -0.4 is 10.1 Å². The van der Waals surface area contributed by atoms with Gasteiger partial charge < -0.3 is 15.2 Å². The summed E-state index contributed by atoms with van der Waals surface area (Å²) in [5.41, 5.74) is 1.99.